The fourth-order valence-electron chi connectivity index (χ4n) is 1.75. The predicted molar refractivity (Wildman–Crippen MR) is 64.7 cm³/mol. The van der Waals surface area contributed by atoms with Gasteiger partial charge in [-0.2, -0.15) is 0 Å². The number of hydrogen-bond donors (Lipinski definition) is 0. The predicted octanol–water partition coefficient (Wildman–Crippen LogP) is 2.41. The molecule has 2 heteroatoms. The molecule has 0 aliphatic carbocycles. The van der Waals surface area contributed by atoms with E-state index in [9.17, 15) is 4.79 Å². The van der Waals surface area contributed by atoms with Crippen LogP contribution in [0.3, 0.4) is 0 Å². The van der Waals surface area contributed by atoms with Gasteiger partial charge in [-0.15, -0.1) is 0 Å². The number of rotatable bonds is 0. The van der Waals surface area contributed by atoms with Crippen LogP contribution in [0.5, 0.6) is 0 Å². The number of fused-ring (bicyclic) bond motifs is 2. The van der Waals surface area contributed by atoms with Crippen molar-refractivity contribution < 1.29 is 0 Å². The zero-order valence-corrected chi connectivity index (χ0v) is 10.3. The minimum absolute atomic E-state index is 0.192. The second-order valence-corrected chi connectivity index (χ2v) is 6.52. The van der Waals surface area contributed by atoms with Crippen molar-refractivity contribution >= 4 is 38.0 Å². The SMILES string of the molecule is O=c1c2ccccc2[te]c2ccccc12. The third-order valence-electron chi connectivity index (χ3n) is 2.48. The van der Waals surface area contributed by atoms with Crippen molar-refractivity contribution in [1.82, 2.24) is 0 Å². The van der Waals surface area contributed by atoms with Crippen LogP contribution in [-0.2, 0) is 0 Å². The Morgan fingerprint density at radius 3 is 1.73 bits per heavy atom. The van der Waals surface area contributed by atoms with Crippen molar-refractivity contribution in [2.75, 3.05) is 0 Å². The monoisotopic (exact) mass is 310 g/mol. The number of benzene rings is 2. The molecule has 0 N–H and O–H groups in total. The maximum absolute atomic E-state index is 12.1. The average Bonchev–Trinajstić information content (AvgIpc) is 2.30. The topological polar surface area (TPSA) is 17.1 Å². The van der Waals surface area contributed by atoms with Crippen LogP contribution in [0.25, 0.3) is 17.6 Å². The van der Waals surface area contributed by atoms with E-state index in [-0.39, 0.29) is 25.9 Å². The summed E-state index contributed by atoms with van der Waals surface area (Å²) < 4.78 is 2.54. The molecule has 0 saturated heterocycles. The summed E-state index contributed by atoms with van der Waals surface area (Å²) in [5.74, 6) is 0. The first-order chi connectivity index (χ1) is 7.36. The van der Waals surface area contributed by atoms with Gasteiger partial charge in [0.2, 0.25) is 0 Å². The summed E-state index contributed by atoms with van der Waals surface area (Å²) in [6.45, 7) is 0. The van der Waals surface area contributed by atoms with Gasteiger partial charge in [0.25, 0.3) is 0 Å². The van der Waals surface area contributed by atoms with Gasteiger partial charge in [0.1, 0.15) is 0 Å². The first kappa shape index (κ1) is 9.15. The normalized spacial score (nSPS) is 10.9. The molecule has 1 aromatic heterocycles. The van der Waals surface area contributed by atoms with Crippen LogP contribution < -0.4 is 5.43 Å². The van der Waals surface area contributed by atoms with Crippen LogP contribution in [0.2, 0.25) is 0 Å². The first-order valence-electron chi connectivity index (χ1n) is 4.77. The van der Waals surface area contributed by atoms with E-state index in [0.29, 0.717) is 0 Å². The van der Waals surface area contributed by atoms with Crippen molar-refractivity contribution in [2.24, 2.45) is 0 Å². The molecule has 3 rings (SSSR count). The molecule has 0 unspecified atom stereocenters. The van der Waals surface area contributed by atoms with Crippen LogP contribution in [0.1, 0.15) is 0 Å². The zero-order chi connectivity index (χ0) is 10.3. The van der Waals surface area contributed by atoms with Gasteiger partial charge in [0.15, 0.2) is 0 Å². The Balaban J connectivity index is 2.66. The summed E-state index contributed by atoms with van der Waals surface area (Å²) in [4.78, 5) is 12.1. The second kappa shape index (κ2) is 3.48. The van der Waals surface area contributed by atoms with Crippen molar-refractivity contribution in [3.05, 3.63) is 58.8 Å². The molecule has 0 amide bonds. The van der Waals surface area contributed by atoms with Gasteiger partial charge in [0, 0.05) is 0 Å². The van der Waals surface area contributed by atoms with Crippen molar-refractivity contribution in [1.29, 1.82) is 0 Å². The Bertz CT molecular complexity index is 640. The quantitative estimate of drug-likeness (QED) is 0.460. The summed E-state index contributed by atoms with van der Waals surface area (Å²) in [7, 11) is 0. The summed E-state index contributed by atoms with van der Waals surface area (Å²) in [6, 6.07) is 16.0. The average molecular weight is 308 g/mol. The van der Waals surface area contributed by atoms with E-state index in [1.54, 1.807) is 0 Å². The standard InChI is InChI=1S/C13H8OTe/c14-13-9-5-1-3-7-11(9)15-12-8-4-2-6-10(12)13/h1-8H. The molecule has 0 fully saturated rings. The van der Waals surface area contributed by atoms with E-state index in [4.69, 9.17) is 0 Å². The van der Waals surface area contributed by atoms with Gasteiger partial charge in [-0.25, -0.2) is 0 Å². The molecule has 0 aliphatic heterocycles. The summed E-state index contributed by atoms with van der Waals surface area (Å²) >= 11 is -0.363. The minimum atomic E-state index is -0.363. The van der Waals surface area contributed by atoms with Gasteiger partial charge >= 0.3 is 96.8 Å². The molecule has 0 aliphatic rings. The van der Waals surface area contributed by atoms with Crippen molar-refractivity contribution in [3.8, 4) is 0 Å². The van der Waals surface area contributed by atoms with Gasteiger partial charge < -0.3 is 0 Å². The second-order valence-electron chi connectivity index (χ2n) is 3.42. The molecule has 1 nitrogen and oxygen atoms in total. The van der Waals surface area contributed by atoms with E-state index >= 15 is 0 Å². The van der Waals surface area contributed by atoms with Gasteiger partial charge in [-0.1, -0.05) is 0 Å². The fraction of sp³-hybridized carbons (Fsp3) is 0. The maximum atomic E-state index is 12.1. The molecule has 2 aromatic carbocycles. The van der Waals surface area contributed by atoms with Crippen molar-refractivity contribution in [2.45, 2.75) is 0 Å². The van der Waals surface area contributed by atoms with Gasteiger partial charge in [0.05, 0.1) is 0 Å². The fourth-order valence-corrected chi connectivity index (χ4v) is 4.81. The Kier molecular flexibility index (Phi) is 2.12. The summed E-state index contributed by atoms with van der Waals surface area (Å²) in [5, 5.41) is 1.83. The third kappa shape index (κ3) is 1.42. The van der Waals surface area contributed by atoms with Crippen LogP contribution in [0.15, 0.2) is 53.3 Å². The molecule has 0 radical (unpaired) electrons. The van der Waals surface area contributed by atoms with E-state index < -0.39 is 0 Å². The zero-order valence-electron chi connectivity index (χ0n) is 7.94. The van der Waals surface area contributed by atoms with Crippen LogP contribution in [-0.4, -0.2) is 20.4 Å². The van der Waals surface area contributed by atoms with E-state index in [0.717, 1.165) is 10.8 Å². The molecule has 0 spiro atoms. The molecule has 3 aromatic rings. The van der Waals surface area contributed by atoms with Crippen molar-refractivity contribution in [3.63, 3.8) is 0 Å². The molecule has 1 heterocycles. The van der Waals surface area contributed by atoms with Crippen LogP contribution >= 0.6 is 0 Å². The molecular weight excluding hydrogens is 300 g/mol. The van der Waals surface area contributed by atoms with E-state index in [2.05, 4.69) is 12.1 Å². The van der Waals surface area contributed by atoms with E-state index in [1.807, 2.05) is 36.4 Å². The molecule has 0 atom stereocenters. The summed E-state index contributed by atoms with van der Waals surface area (Å²) in [6.07, 6.45) is 0. The van der Waals surface area contributed by atoms with Crippen LogP contribution in [0, 0.1) is 0 Å². The number of hydrogen-bond acceptors (Lipinski definition) is 1. The third-order valence-corrected chi connectivity index (χ3v) is 5.77. The Morgan fingerprint density at radius 1 is 0.733 bits per heavy atom. The molecular formula is C13H8OTe. The van der Waals surface area contributed by atoms with Crippen LogP contribution in [0.4, 0.5) is 0 Å². The first-order valence-corrected chi connectivity index (χ1v) is 7.10. The van der Waals surface area contributed by atoms with Gasteiger partial charge in [-0.05, 0) is 0 Å². The Labute approximate surface area is 96.6 Å². The molecule has 15 heavy (non-hydrogen) atoms. The molecule has 0 bridgehead atoms. The molecule has 72 valence electrons. The Morgan fingerprint density at radius 2 is 1.20 bits per heavy atom. The van der Waals surface area contributed by atoms with Gasteiger partial charge in [-0.3, -0.25) is 0 Å². The Hall–Kier alpha value is -1.10. The summed E-state index contributed by atoms with van der Waals surface area (Å²) in [5.41, 5.74) is 0.192. The molecule has 0 saturated carbocycles. The van der Waals surface area contributed by atoms with E-state index in [1.165, 1.54) is 6.80 Å².